The lowest BCUT2D eigenvalue weighted by Gasteiger charge is -2.29. The Balaban J connectivity index is 1.46. The molecule has 0 atom stereocenters. The van der Waals surface area contributed by atoms with Crippen molar-refractivity contribution in [1.29, 1.82) is 0 Å². The number of rotatable bonds is 4. The van der Waals surface area contributed by atoms with Crippen molar-refractivity contribution in [2.75, 3.05) is 18.0 Å². The monoisotopic (exact) mass is 443 g/mol. The number of carbonyl (C=O) groups is 1. The van der Waals surface area contributed by atoms with Gasteiger partial charge in [0, 0.05) is 29.7 Å². The number of nitrogens with zero attached hydrogens (tertiary/aromatic N) is 2. The van der Waals surface area contributed by atoms with Crippen LogP contribution in [0.2, 0.25) is 0 Å². The number of amides is 1. The van der Waals surface area contributed by atoms with E-state index >= 15 is 0 Å². The molecule has 0 bridgehead atoms. The van der Waals surface area contributed by atoms with Crippen molar-refractivity contribution in [1.82, 2.24) is 10.3 Å². The first-order chi connectivity index (χ1) is 13.1. The summed E-state index contributed by atoms with van der Waals surface area (Å²) >= 11 is 5.14. The maximum absolute atomic E-state index is 12.5. The number of piperidine rings is 1. The molecule has 140 valence electrons. The van der Waals surface area contributed by atoms with Crippen LogP contribution in [-0.2, 0) is 6.54 Å². The molecule has 4 nitrogen and oxygen atoms in total. The molecule has 1 aliphatic heterocycles. The lowest BCUT2D eigenvalue weighted by molar-refractivity contribution is 0.0951. The molecule has 2 heterocycles. The van der Waals surface area contributed by atoms with Crippen LogP contribution in [0.3, 0.4) is 0 Å². The van der Waals surface area contributed by atoms with Gasteiger partial charge in [0.05, 0.1) is 10.2 Å². The van der Waals surface area contributed by atoms with E-state index < -0.39 is 0 Å². The summed E-state index contributed by atoms with van der Waals surface area (Å²) in [5.74, 6) is 0.745. The van der Waals surface area contributed by atoms with E-state index in [0.29, 0.717) is 12.1 Å². The number of fused-ring (bicyclic) bond motifs is 1. The first kappa shape index (κ1) is 18.4. The van der Waals surface area contributed by atoms with Crippen LogP contribution in [0.15, 0.2) is 46.9 Å². The largest absolute Gasteiger partial charge is 0.348 e. The molecule has 1 fully saturated rings. The molecule has 3 aromatic rings. The molecule has 1 aliphatic rings. The number of hydrogen-bond acceptors (Lipinski definition) is 4. The second-order valence-electron chi connectivity index (χ2n) is 7.16. The smallest absolute Gasteiger partial charge is 0.251 e. The van der Waals surface area contributed by atoms with Gasteiger partial charge in [-0.25, -0.2) is 4.98 Å². The molecule has 0 saturated carbocycles. The lowest BCUT2D eigenvalue weighted by Crippen LogP contribution is -2.32. The maximum atomic E-state index is 12.5. The summed E-state index contributed by atoms with van der Waals surface area (Å²) in [5.41, 5.74) is 2.72. The zero-order chi connectivity index (χ0) is 18.8. The van der Waals surface area contributed by atoms with Gasteiger partial charge in [0.1, 0.15) is 0 Å². The molecular formula is C21H22BrN3OS. The highest BCUT2D eigenvalue weighted by Gasteiger charge is 2.19. The minimum Gasteiger partial charge on any atom is -0.348 e. The summed E-state index contributed by atoms with van der Waals surface area (Å²) in [5, 5.41) is 4.07. The molecule has 4 rings (SSSR count). The molecule has 27 heavy (non-hydrogen) atoms. The maximum Gasteiger partial charge on any atom is 0.251 e. The number of anilines is 1. The van der Waals surface area contributed by atoms with Crippen molar-refractivity contribution in [3.63, 3.8) is 0 Å². The standard InChI is InChI=1S/C21H22BrN3OS/c1-14-7-9-25(10-8-14)21-24-18-6-5-16(12-19(18)27-21)20(26)23-13-15-3-2-4-17(22)11-15/h2-6,11-12,14H,7-10,13H2,1H3,(H,23,26). The van der Waals surface area contributed by atoms with Crippen LogP contribution < -0.4 is 10.2 Å². The third-order valence-electron chi connectivity index (χ3n) is 5.04. The third kappa shape index (κ3) is 4.33. The number of carbonyl (C=O) groups excluding carboxylic acids is 1. The van der Waals surface area contributed by atoms with E-state index in [2.05, 4.69) is 33.1 Å². The van der Waals surface area contributed by atoms with E-state index in [0.717, 1.165) is 44.4 Å². The summed E-state index contributed by atoms with van der Waals surface area (Å²) in [6, 6.07) is 13.7. The summed E-state index contributed by atoms with van der Waals surface area (Å²) in [6.07, 6.45) is 2.44. The summed E-state index contributed by atoms with van der Waals surface area (Å²) in [4.78, 5) is 19.7. The van der Waals surface area contributed by atoms with E-state index in [1.54, 1.807) is 11.3 Å². The Labute approximate surface area is 171 Å². The van der Waals surface area contributed by atoms with Crippen LogP contribution in [0.4, 0.5) is 5.13 Å². The molecule has 1 amide bonds. The summed E-state index contributed by atoms with van der Waals surface area (Å²) in [7, 11) is 0. The first-order valence-corrected chi connectivity index (χ1v) is 10.9. The van der Waals surface area contributed by atoms with Gasteiger partial charge in [0.15, 0.2) is 5.13 Å². The number of thiazole rings is 1. The van der Waals surface area contributed by atoms with Crippen molar-refractivity contribution in [3.8, 4) is 0 Å². The minimum atomic E-state index is -0.0568. The topological polar surface area (TPSA) is 45.2 Å². The van der Waals surface area contributed by atoms with Crippen molar-refractivity contribution >= 4 is 48.5 Å². The van der Waals surface area contributed by atoms with E-state index in [4.69, 9.17) is 4.98 Å². The Kier molecular flexibility index (Phi) is 5.45. The van der Waals surface area contributed by atoms with E-state index in [-0.39, 0.29) is 5.91 Å². The fourth-order valence-corrected chi connectivity index (χ4v) is 4.82. The van der Waals surface area contributed by atoms with E-state index in [9.17, 15) is 4.79 Å². The predicted molar refractivity (Wildman–Crippen MR) is 116 cm³/mol. The fourth-order valence-electron chi connectivity index (χ4n) is 3.32. The molecule has 0 radical (unpaired) electrons. The van der Waals surface area contributed by atoms with Gasteiger partial charge in [0.2, 0.25) is 0 Å². The zero-order valence-electron chi connectivity index (χ0n) is 15.2. The van der Waals surface area contributed by atoms with Gasteiger partial charge in [-0.2, -0.15) is 0 Å². The van der Waals surface area contributed by atoms with E-state index in [1.807, 2.05) is 42.5 Å². The predicted octanol–water partition coefficient (Wildman–Crippen LogP) is 5.23. The molecule has 1 saturated heterocycles. The number of hydrogen-bond donors (Lipinski definition) is 1. The van der Waals surface area contributed by atoms with Crippen LogP contribution in [0.1, 0.15) is 35.7 Å². The second-order valence-corrected chi connectivity index (χ2v) is 9.09. The third-order valence-corrected chi connectivity index (χ3v) is 6.61. The van der Waals surface area contributed by atoms with Gasteiger partial charge in [0.25, 0.3) is 5.91 Å². The molecule has 1 N–H and O–H groups in total. The Bertz CT molecular complexity index is 963. The van der Waals surface area contributed by atoms with Gasteiger partial charge < -0.3 is 10.2 Å². The highest BCUT2D eigenvalue weighted by molar-refractivity contribution is 9.10. The first-order valence-electron chi connectivity index (χ1n) is 9.26. The van der Waals surface area contributed by atoms with Crippen molar-refractivity contribution < 1.29 is 4.79 Å². The van der Waals surface area contributed by atoms with Gasteiger partial charge in [-0.1, -0.05) is 46.3 Å². The number of halogens is 1. The molecule has 0 unspecified atom stereocenters. The minimum absolute atomic E-state index is 0.0568. The van der Waals surface area contributed by atoms with Gasteiger partial charge in [-0.05, 0) is 54.7 Å². The second kappa shape index (κ2) is 7.98. The van der Waals surface area contributed by atoms with Crippen LogP contribution in [0.5, 0.6) is 0 Å². The Morgan fingerprint density at radius 1 is 1.26 bits per heavy atom. The molecule has 0 spiro atoms. The Morgan fingerprint density at radius 2 is 2.07 bits per heavy atom. The molecular weight excluding hydrogens is 422 g/mol. The van der Waals surface area contributed by atoms with Crippen LogP contribution >= 0.6 is 27.3 Å². The Hall–Kier alpha value is -1.92. The highest BCUT2D eigenvalue weighted by Crippen LogP contribution is 2.32. The zero-order valence-corrected chi connectivity index (χ0v) is 17.6. The number of aromatic nitrogens is 1. The van der Waals surface area contributed by atoms with Crippen LogP contribution in [0.25, 0.3) is 10.2 Å². The highest BCUT2D eigenvalue weighted by atomic mass is 79.9. The normalized spacial score (nSPS) is 15.3. The number of benzene rings is 2. The van der Waals surface area contributed by atoms with Crippen molar-refractivity contribution in [2.24, 2.45) is 5.92 Å². The average Bonchev–Trinajstić information content (AvgIpc) is 3.10. The molecule has 2 aromatic carbocycles. The van der Waals surface area contributed by atoms with Crippen LogP contribution in [0, 0.1) is 5.92 Å². The van der Waals surface area contributed by atoms with E-state index in [1.165, 1.54) is 12.8 Å². The fraction of sp³-hybridized carbons (Fsp3) is 0.333. The van der Waals surface area contributed by atoms with Gasteiger partial charge >= 0.3 is 0 Å². The lowest BCUT2D eigenvalue weighted by atomic mass is 10.00. The molecule has 1 aromatic heterocycles. The number of nitrogens with one attached hydrogen (secondary N) is 1. The van der Waals surface area contributed by atoms with Crippen molar-refractivity contribution in [2.45, 2.75) is 26.3 Å². The average molecular weight is 444 g/mol. The van der Waals surface area contributed by atoms with Crippen molar-refractivity contribution in [3.05, 3.63) is 58.1 Å². The molecule has 6 heteroatoms. The van der Waals surface area contributed by atoms with Gasteiger partial charge in [-0.3, -0.25) is 4.79 Å². The Morgan fingerprint density at radius 3 is 2.85 bits per heavy atom. The summed E-state index contributed by atoms with van der Waals surface area (Å²) < 4.78 is 2.08. The quantitative estimate of drug-likeness (QED) is 0.600. The SMILES string of the molecule is CC1CCN(c2nc3ccc(C(=O)NCc4cccc(Br)c4)cc3s2)CC1. The summed E-state index contributed by atoms with van der Waals surface area (Å²) in [6.45, 7) is 4.97. The van der Waals surface area contributed by atoms with Crippen LogP contribution in [-0.4, -0.2) is 24.0 Å². The molecule has 0 aliphatic carbocycles. The van der Waals surface area contributed by atoms with Gasteiger partial charge in [-0.15, -0.1) is 0 Å².